The summed E-state index contributed by atoms with van der Waals surface area (Å²) in [5.74, 6) is -0.0560. The van der Waals surface area contributed by atoms with Crippen LogP contribution in [0.25, 0.3) is 0 Å². The Bertz CT molecular complexity index is 490. The number of carbonyl (C=O) groups is 1. The Morgan fingerprint density at radius 2 is 2.29 bits per heavy atom. The van der Waals surface area contributed by atoms with Crippen LogP contribution in [0.5, 0.6) is 0 Å². The van der Waals surface area contributed by atoms with E-state index >= 15 is 0 Å². The molecule has 2 N–H and O–H groups in total. The Morgan fingerprint density at radius 3 is 2.95 bits per heavy atom. The molecule has 1 unspecified atom stereocenters. The van der Waals surface area contributed by atoms with Crippen LogP contribution in [0.15, 0.2) is 18.2 Å². The van der Waals surface area contributed by atoms with Crippen molar-refractivity contribution in [3.63, 3.8) is 0 Å². The third-order valence-electron chi connectivity index (χ3n) is 3.63. The molecule has 21 heavy (non-hydrogen) atoms. The number of carbonyl (C=O) groups excluding carboxylic acids is 1. The molecule has 1 aromatic carbocycles. The molecule has 1 aliphatic heterocycles. The van der Waals surface area contributed by atoms with Gasteiger partial charge in [-0.2, -0.15) is 0 Å². The Kier molecular flexibility index (Phi) is 6.30. The summed E-state index contributed by atoms with van der Waals surface area (Å²) in [6.45, 7) is 5.39. The van der Waals surface area contributed by atoms with E-state index in [9.17, 15) is 4.79 Å². The molecule has 0 bridgehead atoms. The molecule has 0 saturated carbocycles. The number of nitrogens with one attached hydrogen (secondary N) is 2. The van der Waals surface area contributed by atoms with Gasteiger partial charge in [-0.15, -0.1) is 0 Å². The lowest BCUT2D eigenvalue weighted by Crippen LogP contribution is -2.42. The van der Waals surface area contributed by atoms with Gasteiger partial charge in [-0.25, -0.2) is 0 Å². The maximum atomic E-state index is 12.2. The van der Waals surface area contributed by atoms with Gasteiger partial charge < -0.3 is 10.6 Å². The molecule has 1 aliphatic rings. The fraction of sp³-hybridized carbons (Fsp3) is 0.533. The number of amides is 1. The first-order valence-corrected chi connectivity index (χ1v) is 8.06. The normalized spacial score (nSPS) is 18.2. The molecule has 4 nitrogen and oxygen atoms in total. The van der Waals surface area contributed by atoms with E-state index in [0.29, 0.717) is 28.3 Å². The largest absolute Gasteiger partial charge is 0.324 e. The van der Waals surface area contributed by atoms with Gasteiger partial charge >= 0.3 is 0 Å². The van der Waals surface area contributed by atoms with Crippen LogP contribution in [0.2, 0.25) is 10.0 Å². The van der Waals surface area contributed by atoms with Crippen molar-refractivity contribution in [2.45, 2.75) is 25.8 Å². The lowest BCUT2D eigenvalue weighted by molar-refractivity contribution is -0.117. The lowest BCUT2D eigenvalue weighted by atomic mass is 10.2. The first-order valence-electron chi connectivity index (χ1n) is 7.30. The molecular formula is C15H21Cl2N3O. The van der Waals surface area contributed by atoms with Gasteiger partial charge in [-0.05, 0) is 38.1 Å². The number of benzene rings is 1. The van der Waals surface area contributed by atoms with Crippen molar-refractivity contribution in [3.05, 3.63) is 28.2 Å². The van der Waals surface area contributed by atoms with Crippen molar-refractivity contribution >= 4 is 34.8 Å². The number of nitrogens with zero attached hydrogens (tertiary/aromatic N) is 1. The summed E-state index contributed by atoms with van der Waals surface area (Å²) in [6.07, 6.45) is 2.12. The number of halogens is 2. The van der Waals surface area contributed by atoms with Crippen molar-refractivity contribution in [1.82, 2.24) is 10.2 Å². The molecule has 1 saturated heterocycles. The molecule has 1 aromatic rings. The van der Waals surface area contributed by atoms with Gasteiger partial charge in [-0.1, -0.05) is 36.2 Å². The molecule has 1 amide bonds. The number of hydrogen-bond acceptors (Lipinski definition) is 3. The van der Waals surface area contributed by atoms with Crippen LogP contribution in [0.4, 0.5) is 5.69 Å². The monoisotopic (exact) mass is 329 g/mol. The quantitative estimate of drug-likeness (QED) is 0.843. The maximum absolute atomic E-state index is 12.2. The molecule has 1 fully saturated rings. The third-order valence-corrected chi connectivity index (χ3v) is 4.45. The molecule has 0 spiro atoms. The van der Waals surface area contributed by atoms with Crippen LogP contribution in [0.1, 0.15) is 19.8 Å². The van der Waals surface area contributed by atoms with Gasteiger partial charge in [0.2, 0.25) is 5.91 Å². The lowest BCUT2D eigenvalue weighted by Gasteiger charge is -2.27. The van der Waals surface area contributed by atoms with E-state index < -0.39 is 0 Å². The minimum Gasteiger partial charge on any atom is -0.324 e. The molecule has 6 heteroatoms. The first-order chi connectivity index (χ1) is 10.1. The highest BCUT2D eigenvalue weighted by Crippen LogP contribution is 2.29. The third kappa shape index (κ3) is 4.58. The second-order valence-electron chi connectivity index (χ2n) is 5.27. The molecule has 0 radical (unpaired) electrons. The summed E-state index contributed by atoms with van der Waals surface area (Å²) in [7, 11) is 0. The predicted molar refractivity (Wildman–Crippen MR) is 88.2 cm³/mol. The molecule has 0 aliphatic carbocycles. The minimum absolute atomic E-state index is 0.0560. The zero-order chi connectivity index (χ0) is 15.2. The summed E-state index contributed by atoms with van der Waals surface area (Å²) in [4.78, 5) is 14.5. The summed E-state index contributed by atoms with van der Waals surface area (Å²) in [5, 5.41) is 7.02. The zero-order valence-electron chi connectivity index (χ0n) is 12.2. The smallest absolute Gasteiger partial charge is 0.238 e. The maximum Gasteiger partial charge on any atom is 0.238 e. The van der Waals surface area contributed by atoms with Crippen molar-refractivity contribution < 1.29 is 4.79 Å². The van der Waals surface area contributed by atoms with Crippen LogP contribution in [0.3, 0.4) is 0 Å². The van der Waals surface area contributed by atoms with Crippen LogP contribution < -0.4 is 10.6 Å². The predicted octanol–water partition coefficient (Wildman–Crippen LogP) is 3.01. The summed E-state index contributed by atoms with van der Waals surface area (Å²) in [5.41, 5.74) is 0.565. The highest BCUT2D eigenvalue weighted by molar-refractivity contribution is 6.43. The number of hydrogen-bond donors (Lipinski definition) is 2. The Labute approximate surface area is 135 Å². The van der Waals surface area contributed by atoms with Crippen molar-refractivity contribution in [3.8, 4) is 0 Å². The fourth-order valence-electron chi connectivity index (χ4n) is 2.60. The average Bonchev–Trinajstić information content (AvgIpc) is 2.97. The van der Waals surface area contributed by atoms with Crippen LogP contribution in [0, 0.1) is 0 Å². The standard InChI is InChI=1S/C15H21Cl2N3O/c1-2-8-20(11-6-7-18-9-11)10-14(21)19-13-5-3-4-12(16)15(13)17/h3-5,11,18H,2,6-10H2,1H3,(H,19,21). The Hall–Kier alpha value is -0.810. The topological polar surface area (TPSA) is 44.4 Å². The van der Waals surface area contributed by atoms with Crippen molar-refractivity contribution in [1.29, 1.82) is 0 Å². The van der Waals surface area contributed by atoms with E-state index in [1.807, 2.05) is 0 Å². The van der Waals surface area contributed by atoms with Gasteiger partial charge in [0.15, 0.2) is 0 Å². The molecule has 116 valence electrons. The number of anilines is 1. The number of rotatable bonds is 6. The fourth-order valence-corrected chi connectivity index (χ4v) is 2.95. The van der Waals surface area contributed by atoms with E-state index in [4.69, 9.17) is 23.2 Å². The summed E-state index contributed by atoms with van der Waals surface area (Å²) < 4.78 is 0. The van der Waals surface area contributed by atoms with E-state index in [-0.39, 0.29) is 5.91 Å². The van der Waals surface area contributed by atoms with Gasteiger partial charge in [0, 0.05) is 12.6 Å². The second kappa shape index (κ2) is 7.99. The molecule has 1 atom stereocenters. The van der Waals surface area contributed by atoms with E-state index in [1.165, 1.54) is 0 Å². The van der Waals surface area contributed by atoms with E-state index in [0.717, 1.165) is 32.5 Å². The van der Waals surface area contributed by atoms with E-state index in [1.54, 1.807) is 18.2 Å². The molecule has 2 rings (SSSR count). The SMILES string of the molecule is CCCN(CC(=O)Nc1cccc(Cl)c1Cl)C1CCNC1. The minimum atomic E-state index is -0.0560. The molecular weight excluding hydrogens is 309 g/mol. The highest BCUT2D eigenvalue weighted by atomic mass is 35.5. The second-order valence-corrected chi connectivity index (χ2v) is 6.05. The van der Waals surface area contributed by atoms with Crippen molar-refractivity contribution in [2.24, 2.45) is 0 Å². The van der Waals surface area contributed by atoms with Crippen LogP contribution >= 0.6 is 23.2 Å². The van der Waals surface area contributed by atoms with Crippen molar-refractivity contribution in [2.75, 3.05) is 31.5 Å². The van der Waals surface area contributed by atoms with Gasteiger partial charge in [0.05, 0.1) is 22.3 Å². The summed E-state index contributed by atoms with van der Waals surface area (Å²) >= 11 is 12.0. The highest BCUT2D eigenvalue weighted by Gasteiger charge is 2.23. The molecule has 1 heterocycles. The Morgan fingerprint density at radius 1 is 1.48 bits per heavy atom. The average molecular weight is 330 g/mol. The van der Waals surface area contributed by atoms with Gasteiger partial charge in [0.25, 0.3) is 0 Å². The molecule has 0 aromatic heterocycles. The summed E-state index contributed by atoms with van der Waals surface area (Å²) in [6, 6.07) is 5.67. The zero-order valence-corrected chi connectivity index (χ0v) is 13.7. The van der Waals surface area contributed by atoms with Crippen LogP contribution in [-0.2, 0) is 4.79 Å². The van der Waals surface area contributed by atoms with Crippen LogP contribution in [-0.4, -0.2) is 43.0 Å². The van der Waals surface area contributed by atoms with Gasteiger partial charge in [0.1, 0.15) is 0 Å². The van der Waals surface area contributed by atoms with Gasteiger partial charge in [-0.3, -0.25) is 9.69 Å². The first kappa shape index (κ1) is 16.6. The van der Waals surface area contributed by atoms with E-state index in [2.05, 4.69) is 22.5 Å². The Balaban J connectivity index is 1.96.